The van der Waals surface area contributed by atoms with Crippen LogP contribution in [0.3, 0.4) is 0 Å². The Morgan fingerprint density at radius 3 is 2.50 bits per heavy atom. The highest BCUT2D eigenvalue weighted by Gasteiger charge is 2.37. The minimum atomic E-state index is -0.569. The molecule has 0 saturated heterocycles. The third-order valence-electron chi connectivity index (χ3n) is 5.25. The van der Waals surface area contributed by atoms with E-state index in [0.29, 0.717) is 40.0 Å². The van der Waals surface area contributed by atoms with Crippen LogP contribution in [0.15, 0.2) is 47.7 Å². The van der Waals surface area contributed by atoms with Crippen LogP contribution in [0.5, 0.6) is 17.2 Å². The first-order chi connectivity index (χ1) is 14.5. The molecular weight excluding hydrogens is 386 g/mol. The zero-order valence-corrected chi connectivity index (χ0v) is 17.5. The molecule has 0 spiro atoms. The molecule has 8 heteroatoms. The summed E-state index contributed by atoms with van der Waals surface area (Å²) >= 11 is 0. The van der Waals surface area contributed by atoms with Crippen molar-refractivity contribution in [1.29, 1.82) is 0 Å². The second-order valence-corrected chi connectivity index (χ2v) is 6.80. The Balaban J connectivity index is 2.09. The van der Waals surface area contributed by atoms with Gasteiger partial charge in [-0.05, 0) is 25.1 Å². The molecule has 8 nitrogen and oxygen atoms in total. The van der Waals surface area contributed by atoms with E-state index >= 15 is 0 Å². The number of imidazole rings is 1. The summed E-state index contributed by atoms with van der Waals surface area (Å²) in [4.78, 5) is 17.6. The number of aromatic nitrogens is 2. The Morgan fingerprint density at radius 1 is 1.07 bits per heavy atom. The lowest BCUT2D eigenvalue weighted by Gasteiger charge is -2.31. The molecule has 156 valence electrons. The largest absolute Gasteiger partial charge is 0.497 e. The molecule has 0 aliphatic carbocycles. The molecule has 1 N–H and O–H groups in total. The summed E-state index contributed by atoms with van der Waals surface area (Å²) in [5.41, 5.74) is 3.46. The van der Waals surface area contributed by atoms with Crippen LogP contribution < -0.4 is 19.5 Å². The number of hydrogen-bond acceptors (Lipinski definition) is 7. The number of nitrogens with zero attached hydrogens (tertiary/aromatic N) is 2. The zero-order valence-electron chi connectivity index (χ0n) is 17.5. The van der Waals surface area contributed by atoms with Crippen molar-refractivity contribution in [3.63, 3.8) is 0 Å². The highest BCUT2D eigenvalue weighted by atomic mass is 16.5. The minimum Gasteiger partial charge on any atom is -0.497 e. The van der Waals surface area contributed by atoms with E-state index in [1.165, 1.54) is 7.11 Å². The SMILES string of the molecule is COC(=O)C1=C(C)Nc2nc3ccccc3n2[C@H]1c1cc(OC)cc(OC)c1OC. The Kier molecular flexibility index (Phi) is 4.99. The summed E-state index contributed by atoms with van der Waals surface area (Å²) in [7, 11) is 6.07. The Morgan fingerprint density at radius 2 is 1.83 bits per heavy atom. The zero-order chi connectivity index (χ0) is 21.4. The normalized spacial score (nSPS) is 15.4. The number of hydrogen-bond donors (Lipinski definition) is 1. The molecule has 1 aliphatic heterocycles. The van der Waals surface area contributed by atoms with E-state index < -0.39 is 12.0 Å². The van der Waals surface area contributed by atoms with Crippen molar-refractivity contribution in [2.75, 3.05) is 33.8 Å². The number of para-hydroxylation sites is 2. The second kappa shape index (κ2) is 7.62. The number of benzene rings is 2. The highest BCUT2D eigenvalue weighted by molar-refractivity contribution is 5.94. The van der Waals surface area contributed by atoms with Crippen molar-refractivity contribution in [1.82, 2.24) is 9.55 Å². The first-order valence-corrected chi connectivity index (χ1v) is 9.37. The van der Waals surface area contributed by atoms with Gasteiger partial charge < -0.3 is 24.3 Å². The fourth-order valence-corrected chi connectivity index (χ4v) is 3.92. The van der Waals surface area contributed by atoms with E-state index in [0.717, 1.165) is 11.0 Å². The van der Waals surface area contributed by atoms with Gasteiger partial charge in [0.1, 0.15) is 11.8 Å². The molecule has 4 rings (SSSR count). The van der Waals surface area contributed by atoms with E-state index in [1.54, 1.807) is 27.4 Å². The number of fused-ring (bicyclic) bond motifs is 3. The number of allylic oxidation sites excluding steroid dienone is 1. The van der Waals surface area contributed by atoms with Gasteiger partial charge in [0, 0.05) is 17.3 Å². The fourth-order valence-electron chi connectivity index (χ4n) is 3.92. The maximum absolute atomic E-state index is 12.9. The predicted octanol–water partition coefficient (Wildman–Crippen LogP) is 3.52. The molecule has 0 fully saturated rings. The van der Waals surface area contributed by atoms with Crippen LogP contribution in [0.4, 0.5) is 5.95 Å². The summed E-state index contributed by atoms with van der Waals surface area (Å²) < 4.78 is 23.8. The monoisotopic (exact) mass is 409 g/mol. The van der Waals surface area contributed by atoms with Gasteiger partial charge in [-0.2, -0.15) is 0 Å². The third kappa shape index (κ3) is 2.92. The summed E-state index contributed by atoms with van der Waals surface area (Å²) in [6.07, 6.45) is 0. The second-order valence-electron chi connectivity index (χ2n) is 6.80. The van der Waals surface area contributed by atoms with Gasteiger partial charge in [-0.25, -0.2) is 9.78 Å². The van der Waals surface area contributed by atoms with Crippen molar-refractivity contribution >= 4 is 23.0 Å². The van der Waals surface area contributed by atoms with E-state index in [2.05, 4.69) is 5.32 Å². The van der Waals surface area contributed by atoms with Gasteiger partial charge in [0.15, 0.2) is 11.5 Å². The van der Waals surface area contributed by atoms with Crippen LogP contribution in [0.25, 0.3) is 11.0 Å². The quantitative estimate of drug-likeness (QED) is 0.646. The predicted molar refractivity (Wildman–Crippen MR) is 112 cm³/mol. The number of carbonyl (C=O) groups excluding carboxylic acids is 1. The number of rotatable bonds is 5. The topological polar surface area (TPSA) is 83.8 Å². The van der Waals surface area contributed by atoms with E-state index in [-0.39, 0.29) is 0 Å². The van der Waals surface area contributed by atoms with Crippen LogP contribution in [0.1, 0.15) is 18.5 Å². The maximum atomic E-state index is 12.9. The Bertz CT molecular complexity index is 1170. The first-order valence-electron chi connectivity index (χ1n) is 9.37. The maximum Gasteiger partial charge on any atom is 0.337 e. The minimum absolute atomic E-state index is 0.446. The molecule has 3 aromatic rings. The molecular formula is C22H23N3O5. The number of ether oxygens (including phenoxy) is 4. The van der Waals surface area contributed by atoms with Gasteiger partial charge in [0.05, 0.1) is 45.0 Å². The summed E-state index contributed by atoms with van der Waals surface area (Å²) in [5, 5.41) is 3.24. The lowest BCUT2D eigenvalue weighted by atomic mass is 9.93. The van der Waals surface area contributed by atoms with Crippen molar-refractivity contribution in [3.05, 3.63) is 53.2 Å². The molecule has 2 heterocycles. The molecule has 0 saturated carbocycles. The van der Waals surface area contributed by atoms with E-state index in [9.17, 15) is 4.79 Å². The van der Waals surface area contributed by atoms with Gasteiger partial charge in [0.25, 0.3) is 0 Å². The van der Waals surface area contributed by atoms with Crippen molar-refractivity contribution < 1.29 is 23.7 Å². The number of nitrogens with one attached hydrogen (secondary N) is 1. The molecule has 30 heavy (non-hydrogen) atoms. The Hall–Kier alpha value is -3.68. The molecule has 2 aromatic carbocycles. The smallest absolute Gasteiger partial charge is 0.337 e. The molecule has 0 amide bonds. The fraction of sp³-hybridized carbons (Fsp3) is 0.273. The summed E-state index contributed by atoms with van der Waals surface area (Å²) in [6, 6.07) is 10.8. The number of anilines is 1. The molecule has 0 radical (unpaired) electrons. The van der Waals surface area contributed by atoms with Crippen molar-refractivity contribution in [2.45, 2.75) is 13.0 Å². The number of methoxy groups -OCH3 is 4. The molecule has 0 bridgehead atoms. The summed E-state index contributed by atoms with van der Waals surface area (Å²) in [5.74, 6) is 1.75. The van der Waals surface area contributed by atoms with Crippen LogP contribution in [0, 0.1) is 0 Å². The Labute approximate surface area is 174 Å². The van der Waals surface area contributed by atoms with Crippen LogP contribution >= 0.6 is 0 Å². The standard InChI is InChI=1S/C22H23N3O5/c1-12-18(21(26)30-5)19(14-10-13(27-2)11-17(28-3)20(14)29-4)25-16-9-7-6-8-15(16)24-22(25)23-12/h6-11,19H,1-5H3,(H,23,24)/t19-/m0/s1. The van der Waals surface area contributed by atoms with E-state index in [1.807, 2.05) is 41.8 Å². The third-order valence-corrected chi connectivity index (χ3v) is 5.25. The summed E-state index contributed by atoms with van der Waals surface area (Å²) in [6.45, 7) is 1.83. The lowest BCUT2D eigenvalue weighted by Crippen LogP contribution is -2.29. The van der Waals surface area contributed by atoms with Gasteiger partial charge in [-0.15, -0.1) is 0 Å². The molecule has 1 aliphatic rings. The van der Waals surface area contributed by atoms with Crippen LogP contribution in [-0.4, -0.2) is 44.0 Å². The molecule has 0 unspecified atom stereocenters. The average Bonchev–Trinajstić information content (AvgIpc) is 3.14. The first kappa shape index (κ1) is 19.6. The van der Waals surface area contributed by atoms with Gasteiger partial charge in [-0.1, -0.05) is 12.1 Å². The van der Waals surface area contributed by atoms with E-state index in [4.69, 9.17) is 23.9 Å². The highest BCUT2D eigenvalue weighted by Crippen LogP contribution is 2.46. The van der Waals surface area contributed by atoms with Crippen molar-refractivity contribution in [2.24, 2.45) is 0 Å². The number of carbonyl (C=O) groups is 1. The van der Waals surface area contributed by atoms with Crippen LogP contribution in [0.2, 0.25) is 0 Å². The van der Waals surface area contributed by atoms with Gasteiger partial charge in [-0.3, -0.25) is 4.57 Å². The molecule has 1 atom stereocenters. The van der Waals surface area contributed by atoms with Gasteiger partial charge in [0.2, 0.25) is 5.95 Å². The average molecular weight is 409 g/mol. The lowest BCUT2D eigenvalue weighted by molar-refractivity contribution is -0.136. The van der Waals surface area contributed by atoms with Crippen molar-refractivity contribution in [3.8, 4) is 17.2 Å². The molecule has 1 aromatic heterocycles. The van der Waals surface area contributed by atoms with Crippen LogP contribution in [-0.2, 0) is 9.53 Å². The number of esters is 1. The van der Waals surface area contributed by atoms with Gasteiger partial charge >= 0.3 is 5.97 Å².